The average molecular weight is 281 g/mol. The van der Waals surface area contributed by atoms with Crippen LogP contribution in [0.5, 0.6) is 0 Å². The number of ether oxygens (including phenoxy) is 1. The molecule has 7 heteroatoms. The largest absolute Gasteiger partial charge is 0.462 e. The molecule has 0 aliphatic heterocycles. The number of hydrogen-bond donors (Lipinski definition) is 1. The minimum absolute atomic E-state index is 0.0640. The highest BCUT2D eigenvalue weighted by Crippen LogP contribution is 2.12. The number of aryl methyl sites for hydroxylation is 1. The van der Waals surface area contributed by atoms with Gasteiger partial charge in [0.25, 0.3) is 5.56 Å². The summed E-state index contributed by atoms with van der Waals surface area (Å²) in [5, 5.41) is 6.09. The molecule has 0 saturated carbocycles. The van der Waals surface area contributed by atoms with Crippen molar-refractivity contribution in [2.24, 2.45) is 0 Å². The average Bonchev–Trinajstić information content (AvgIpc) is 2.39. The minimum Gasteiger partial charge on any atom is -0.462 e. The van der Waals surface area contributed by atoms with Gasteiger partial charge in [0.2, 0.25) is 5.91 Å². The SMILES string of the molecule is CCOC(=O)c1c(CCC(=O)N(C)C)c(C)n[nH]c1=O. The predicted octanol–water partition coefficient (Wildman–Crippen LogP) is 0.276. The van der Waals surface area contributed by atoms with Crippen LogP contribution in [0.4, 0.5) is 0 Å². The Bertz CT molecular complexity index is 563. The van der Waals surface area contributed by atoms with E-state index >= 15 is 0 Å². The number of hydrogen-bond acceptors (Lipinski definition) is 5. The molecule has 1 aromatic heterocycles. The summed E-state index contributed by atoms with van der Waals surface area (Å²) in [7, 11) is 3.30. The molecule has 0 atom stereocenters. The molecule has 1 rings (SSSR count). The number of amides is 1. The normalized spacial score (nSPS) is 10.2. The maximum absolute atomic E-state index is 11.9. The summed E-state index contributed by atoms with van der Waals surface area (Å²) in [6, 6.07) is 0. The second-order valence-corrected chi connectivity index (χ2v) is 4.50. The van der Waals surface area contributed by atoms with Crippen LogP contribution in [0.2, 0.25) is 0 Å². The molecule has 0 radical (unpaired) electrons. The molecule has 0 fully saturated rings. The molecule has 1 amide bonds. The number of esters is 1. The van der Waals surface area contributed by atoms with Crippen LogP contribution in [0.1, 0.15) is 35.0 Å². The predicted molar refractivity (Wildman–Crippen MR) is 72.6 cm³/mol. The van der Waals surface area contributed by atoms with Crippen LogP contribution in [0.3, 0.4) is 0 Å². The van der Waals surface area contributed by atoms with Crippen LogP contribution < -0.4 is 5.56 Å². The van der Waals surface area contributed by atoms with Gasteiger partial charge in [-0.2, -0.15) is 5.10 Å². The van der Waals surface area contributed by atoms with Crippen molar-refractivity contribution < 1.29 is 14.3 Å². The summed E-state index contributed by atoms with van der Waals surface area (Å²) in [6.07, 6.45) is 0.472. The van der Waals surface area contributed by atoms with Gasteiger partial charge in [0, 0.05) is 20.5 Å². The summed E-state index contributed by atoms with van der Waals surface area (Å²) in [6.45, 7) is 3.51. The topological polar surface area (TPSA) is 92.4 Å². The number of aromatic amines is 1. The fourth-order valence-electron chi connectivity index (χ4n) is 1.76. The number of nitrogens with zero attached hydrogens (tertiary/aromatic N) is 2. The number of carbonyl (C=O) groups is 2. The maximum atomic E-state index is 11.9. The van der Waals surface area contributed by atoms with Crippen LogP contribution >= 0.6 is 0 Å². The molecule has 1 heterocycles. The van der Waals surface area contributed by atoms with Gasteiger partial charge in [0.15, 0.2) is 0 Å². The molecule has 0 saturated heterocycles. The summed E-state index contributed by atoms with van der Waals surface area (Å²) >= 11 is 0. The van der Waals surface area contributed by atoms with Crippen LogP contribution in [-0.2, 0) is 16.0 Å². The summed E-state index contributed by atoms with van der Waals surface area (Å²) in [5.41, 5.74) is 0.314. The highest BCUT2D eigenvalue weighted by atomic mass is 16.5. The Balaban J connectivity index is 3.10. The van der Waals surface area contributed by atoms with Gasteiger partial charge in [-0.25, -0.2) is 9.89 Å². The third kappa shape index (κ3) is 3.66. The lowest BCUT2D eigenvalue weighted by atomic mass is 10.0. The number of aromatic nitrogens is 2. The Morgan fingerprint density at radius 3 is 2.55 bits per heavy atom. The third-order valence-corrected chi connectivity index (χ3v) is 2.86. The zero-order valence-electron chi connectivity index (χ0n) is 12.1. The molecule has 0 aliphatic rings. The van der Waals surface area contributed by atoms with Gasteiger partial charge in [-0.05, 0) is 25.8 Å². The van der Waals surface area contributed by atoms with E-state index in [-0.39, 0.29) is 30.9 Å². The number of rotatable bonds is 5. The van der Waals surface area contributed by atoms with E-state index in [0.29, 0.717) is 11.3 Å². The molecule has 1 N–H and O–H groups in total. The number of nitrogens with one attached hydrogen (secondary N) is 1. The van der Waals surface area contributed by atoms with Crippen LogP contribution in [0.25, 0.3) is 0 Å². The molecule has 0 aromatic carbocycles. The molecule has 20 heavy (non-hydrogen) atoms. The summed E-state index contributed by atoms with van der Waals surface area (Å²) < 4.78 is 4.88. The standard InChI is InChI=1S/C13H19N3O4/c1-5-20-13(19)11-9(6-7-10(17)16(3)4)8(2)14-15-12(11)18/h5-7H2,1-4H3,(H,15,18). The Morgan fingerprint density at radius 2 is 2.00 bits per heavy atom. The first-order valence-corrected chi connectivity index (χ1v) is 6.33. The van der Waals surface area contributed by atoms with E-state index in [1.807, 2.05) is 0 Å². The van der Waals surface area contributed by atoms with Crippen molar-refractivity contribution in [3.05, 3.63) is 27.2 Å². The van der Waals surface area contributed by atoms with E-state index in [1.54, 1.807) is 27.9 Å². The summed E-state index contributed by atoms with van der Waals surface area (Å²) in [4.78, 5) is 36.7. The lowest BCUT2D eigenvalue weighted by Gasteiger charge is -2.12. The Labute approximate surface area is 116 Å². The fourth-order valence-corrected chi connectivity index (χ4v) is 1.76. The van der Waals surface area contributed by atoms with Crippen LogP contribution in [0, 0.1) is 6.92 Å². The van der Waals surface area contributed by atoms with Gasteiger partial charge in [-0.3, -0.25) is 9.59 Å². The molecule has 0 bridgehead atoms. The van der Waals surface area contributed by atoms with Crippen molar-refractivity contribution in [3.63, 3.8) is 0 Å². The Hall–Kier alpha value is -2.18. The first-order valence-electron chi connectivity index (χ1n) is 6.33. The fraction of sp³-hybridized carbons (Fsp3) is 0.538. The first kappa shape index (κ1) is 15.9. The van der Waals surface area contributed by atoms with Crippen molar-refractivity contribution >= 4 is 11.9 Å². The van der Waals surface area contributed by atoms with E-state index in [0.717, 1.165) is 0 Å². The van der Waals surface area contributed by atoms with Gasteiger partial charge >= 0.3 is 5.97 Å². The van der Waals surface area contributed by atoms with Crippen molar-refractivity contribution in [2.45, 2.75) is 26.7 Å². The zero-order valence-corrected chi connectivity index (χ0v) is 12.1. The van der Waals surface area contributed by atoms with E-state index < -0.39 is 11.5 Å². The van der Waals surface area contributed by atoms with Gasteiger partial charge < -0.3 is 9.64 Å². The third-order valence-electron chi connectivity index (χ3n) is 2.86. The highest BCUT2D eigenvalue weighted by molar-refractivity contribution is 5.91. The van der Waals surface area contributed by atoms with E-state index in [9.17, 15) is 14.4 Å². The van der Waals surface area contributed by atoms with E-state index in [4.69, 9.17) is 4.74 Å². The smallest absolute Gasteiger partial charge is 0.344 e. The van der Waals surface area contributed by atoms with Crippen LogP contribution in [-0.4, -0.2) is 47.7 Å². The van der Waals surface area contributed by atoms with Gasteiger partial charge in [0.1, 0.15) is 5.56 Å². The highest BCUT2D eigenvalue weighted by Gasteiger charge is 2.20. The molecular formula is C13H19N3O4. The summed E-state index contributed by atoms with van der Waals surface area (Å²) in [5.74, 6) is -0.772. The van der Waals surface area contributed by atoms with E-state index in [2.05, 4.69) is 10.2 Å². The van der Waals surface area contributed by atoms with Crippen molar-refractivity contribution in [1.82, 2.24) is 15.1 Å². The van der Waals surface area contributed by atoms with Crippen molar-refractivity contribution in [2.75, 3.05) is 20.7 Å². The van der Waals surface area contributed by atoms with Gasteiger partial charge in [0.05, 0.1) is 12.3 Å². The molecular weight excluding hydrogens is 262 g/mol. The second kappa shape index (κ2) is 6.83. The molecule has 1 aromatic rings. The number of H-pyrrole nitrogens is 1. The number of carbonyl (C=O) groups excluding carboxylic acids is 2. The molecule has 110 valence electrons. The van der Waals surface area contributed by atoms with Crippen molar-refractivity contribution in [3.8, 4) is 0 Å². The quantitative estimate of drug-likeness (QED) is 0.782. The first-order chi connectivity index (χ1) is 9.38. The van der Waals surface area contributed by atoms with E-state index in [1.165, 1.54) is 4.90 Å². The zero-order chi connectivity index (χ0) is 15.3. The molecule has 0 spiro atoms. The monoisotopic (exact) mass is 281 g/mol. The molecule has 0 unspecified atom stereocenters. The Morgan fingerprint density at radius 1 is 1.35 bits per heavy atom. The van der Waals surface area contributed by atoms with Crippen LogP contribution in [0.15, 0.2) is 4.79 Å². The molecule has 0 aliphatic carbocycles. The van der Waals surface area contributed by atoms with Crippen molar-refractivity contribution in [1.29, 1.82) is 0 Å². The van der Waals surface area contributed by atoms with Gasteiger partial charge in [-0.15, -0.1) is 0 Å². The molecule has 7 nitrogen and oxygen atoms in total. The second-order valence-electron chi connectivity index (χ2n) is 4.50. The maximum Gasteiger partial charge on any atom is 0.344 e. The lowest BCUT2D eigenvalue weighted by molar-refractivity contribution is -0.128. The van der Waals surface area contributed by atoms with Gasteiger partial charge in [-0.1, -0.05) is 0 Å². The lowest BCUT2D eigenvalue weighted by Crippen LogP contribution is -2.27. The minimum atomic E-state index is -0.688. The Kier molecular flexibility index (Phi) is 5.42.